The Kier molecular flexibility index (Phi) is 6.69. The fraction of sp³-hybridized carbons (Fsp3) is 0.417. The highest BCUT2D eigenvalue weighted by molar-refractivity contribution is 5.85. The minimum atomic E-state index is -1.61. The van der Waals surface area contributed by atoms with Gasteiger partial charge in [0.25, 0.3) is 0 Å². The number of aliphatic hydroxyl groups is 4. The Morgan fingerprint density at radius 1 is 1.00 bits per heavy atom. The third-order valence-corrected chi connectivity index (χ3v) is 5.80. The van der Waals surface area contributed by atoms with Crippen molar-refractivity contribution in [2.45, 2.75) is 57.0 Å². The molecule has 2 aromatic carbocycles. The Bertz CT molecular complexity index is 1130. The van der Waals surface area contributed by atoms with Gasteiger partial charge in [-0.15, -0.1) is 0 Å². The van der Waals surface area contributed by atoms with Crippen molar-refractivity contribution in [3.8, 4) is 5.75 Å². The monoisotopic (exact) mass is 463 g/mol. The second kappa shape index (κ2) is 9.36. The summed E-state index contributed by atoms with van der Waals surface area (Å²) in [5, 5.41) is 40.8. The van der Waals surface area contributed by atoms with Gasteiger partial charge in [0, 0.05) is 24.1 Å². The minimum absolute atomic E-state index is 0.0944. The Hall–Kier alpha value is -2.56. The summed E-state index contributed by atoms with van der Waals surface area (Å²) >= 11 is 0. The third-order valence-electron chi connectivity index (χ3n) is 5.80. The van der Waals surface area contributed by atoms with Gasteiger partial charge in [-0.3, -0.25) is 0 Å². The van der Waals surface area contributed by atoms with Gasteiger partial charge in [0.05, 0.1) is 18.2 Å². The van der Waals surface area contributed by atoms with Gasteiger partial charge in [0.1, 0.15) is 41.8 Å². The minimum Gasteiger partial charge on any atom is -0.491 e. The summed E-state index contributed by atoms with van der Waals surface area (Å²) < 4.78 is 42.1. The van der Waals surface area contributed by atoms with Crippen LogP contribution in [0.1, 0.15) is 31.2 Å². The largest absolute Gasteiger partial charge is 0.491 e. The molecule has 0 aliphatic carbocycles. The number of benzene rings is 2. The first-order chi connectivity index (χ1) is 15.7. The van der Waals surface area contributed by atoms with Gasteiger partial charge < -0.3 is 34.5 Å². The molecule has 1 saturated heterocycles. The number of ether oxygens (including phenoxy) is 2. The second-order valence-electron chi connectivity index (χ2n) is 8.51. The van der Waals surface area contributed by atoms with Crippen LogP contribution in [0.25, 0.3) is 10.9 Å². The first-order valence-electron chi connectivity index (χ1n) is 10.7. The van der Waals surface area contributed by atoms with Crippen molar-refractivity contribution in [1.82, 2.24) is 4.57 Å². The van der Waals surface area contributed by atoms with Crippen LogP contribution >= 0.6 is 0 Å². The molecule has 4 N–H and O–H groups in total. The summed E-state index contributed by atoms with van der Waals surface area (Å²) in [6.07, 6.45) is -5.61. The summed E-state index contributed by atoms with van der Waals surface area (Å²) in [6.45, 7) is 3.08. The number of nitrogens with zero attached hydrogens (tertiary/aromatic N) is 1. The van der Waals surface area contributed by atoms with Crippen LogP contribution in [0.4, 0.5) is 8.78 Å². The van der Waals surface area contributed by atoms with Crippen LogP contribution < -0.4 is 4.74 Å². The molecule has 1 aliphatic rings. The molecular weight excluding hydrogens is 436 g/mol. The van der Waals surface area contributed by atoms with E-state index in [1.165, 1.54) is 29.0 Å². The molecule has 0 saturated carbocycles. The highest BCUT2D eigenvalue weighted by atomic mass is 19.1. The van der Waals surface area contributed by atoms with Gasteiger partial charge in [-0.1, -0.05) is 18.2 Å². The number of rotatable bonds is 6. The molecule has 2 heterocycles. The molecule has 0 amide bonds. The predicted molar refractivity (Wildman–Crippen MR) is 116 cm³/mol. The number of hydrogen-bond donors (Lipinski definition) is 4. The van der Waals surface area contributed by atoms with Crippen LogP contribution in [-0.2, 0) is 11.2 Å². The normalized spacial score (nSPS) is 25.7. The molecule has 4 rings (SSSR count). The Morgan fingerprint density at radius 2 is 1.76 bits per heavy atom. The number of aromatic nitrogens is 1. The van der Waals surface area contributed by atoms with Gasteiger partial charge in [0.2, 0.25) is 0 Å². The van der Waals surface area contributed by atoms with Crippen molar-refractivity contribution < 1.29 is 38.7 Å². The average Bonchev–Trinajstić information content (AvgIpc) is 3.13. The summed E-state index contributed by atoms with van der Waals surface area (Å²) in [5.74, 6) is -0.670. The molecule has 7 nitrogen and oxygen atoms in total. The summed E-state index contributed by atoms with van der Waals surface area (Å²) in [4.78, 5) is 0. The summed E-state index contributed by atoms with van der Waals surface area (Å²) in [5.41, 5.74) is 1.03. The molecule has 9 heteroatoms. The van der Waals surface area contributed by atoms with E-state index in [0.29, 0.717) is 22.3 Å². The lowest BCUT2D eigenvalue weighted by atomic mass is 9.98. The van der Waals surface area contributed by atoms with Crippen molar-refractivity contribution in [3.63, 3.8) is 0 Å². The lowest BCUT2D eigenvalue weighted by Gasteiger charge is -2.40. The van der Waals surface area contributed by atoms with E-state index < -0.39 is 48.9 Å². The maximum atomic E-state index is 14.9. The molecule has 1 aromatic heterocycles. The van der Waals surface area contributed by atoms with Crippen molar-refractivity contribution in [1.29, 1.82) is 0 Å². The highest BCUT2D eigenvalue weighted by Crippen LogP contribution is 2.35. The van der Waals surface area contributed by atoms with Crippen LogP contribution in [0.15, 0.2) is 42.6 Å². The van der Waals surface area contributed by atoms with E-state index in [1.807, 2.05) is 13.8 Å². The molecule has 0 bridgehead atoms. The Labute approximate surface area is 189 Å². The third kappa shape index (κ3) is 4.47. The second-order valence-corrected chi connectivity index (χ2v) is 8.51. The molecule has 0 spiro atoms. The van der Waals surface area contributed by atoms with Crippen LogP contribution in [0.2, 0.25) is 0 Å². The predicted octanol–water partition coefficient (Wildman–Crippen LogP) is 2.27. The molecule has 1 fully saturated rings. The number of aliphatic hydroxyl groups excluding tert-OH is 4. The van der Waals surface area contributed by atoms with E-state index in [9.17, 15) is 29.2 Å². The SMILES string of the molecule is CC(C)Oc1ccc(Cc2cn([C@@H]3O[C@H](CO)[C@@H](O)[C@H](O)[C@H]3O)c3c(F)cccc23)c(F)c1. The number of para-hydroxylation sites is 1. The molecular formula is C24H27F2NO6. The van der Waals surface area contributed by atoms with Crippen molar-refractivity contribution >= 4 is 10.9 Å². The zero-order valence-electron chi connectivity index (χ0n) is 18.2. The highest BCUT2D eigenvalue weighted by Gasteiger charge is 2.44. The van der Waals surface area contributed by atoms with Crippen LogP contribution in [0, 0.1) is 11.6 Å². The van der Waals surface area contributed by atoms with Gasteiger partial charge in [0.15, 0.2) is 6.23 Å². The van der Waals surface area contributed by atoms with E-state index in [1.54, 1.807) is 18.2 Å². The molecule has 33 heavy (non-hydrogen) atoms. The average molecular weight is 463 g/mol. The lowest BCUT2D eigenvalue weighted by Crippen LogP contribution is -2.56. The maximum absolute atomic E-state index is 14.9. The zero-order valence-corrected chi connectivity index (χ0v) is 18.2. The van der Waals surface area contributed by atoms with Crippen molar-refractivity contribution in [2.24, 2.45) is 0 Å². The van der Waals surface area contributed by atoms with E-state index in [4.69, 9.17) is 9.47 Å². The van der Waals surface area contributed by atoms with E-state index in [-0.39, 0.29) is 18.0 Å². The first-order valence-corrected chi connectivity index (χ1v) is 10.7. The molecule has 0 radical (unpaired) electrons. The number of hydrogen-bond acceptors (Lipinski definition) is 6. The van der Waals surface area contributed by atoms with Gasteiger partial charge >= 0.3 is 0 Å². The van der Waals surface area contributed by atoms with E-state index in [2.05, 4.69) is 0 Å². The fourth-order valence-corrected chi connectivity index (χ4v) is 4.21. The quantitative estimate of drug-likeness (QED) is 0.447. The Morgan fingerprint density at radius 3 is 2.42 bits per heavy atom. The Balaban J connectivity index is 1.74. The van der Waals surface area contributed by atoms with Crippen molar-refractivity contribution in [2.75, 3.05) is 6.61 Å². The number of halogens is 2. The van der Waals surface area contributed by atoms with Crippen LogP contribution in [0.5, 0.6) is 5.75 Å². The smallest absolute Gasteiger partial charge is 0.163 e. The fourth-order valence-electron chi connectivity index (χ4n) is 4.21. The molecule has 3 aromatic rings. The van der Waals surface area contributed by atoms with Crippen LogP contribution in [-0.4, -0.2) is 62.1 Å². The zero-order chi connectivity index (χ0) is 23.9. The first kappa shape index (κ1) is 23.6. The topological polar surface area (TPSA) is 104 Å². The molecule has 178 valence electrons. The van der Waals surface area contributed by atoms with E-state index >= 15 is 0 Å². The van der Waals surface area contributed by atoms with Crippen molar-refractivity contribution in [3.05, 3.63) is 65.4 Å². The summed E-state index contributed by atoms with van der Waals surface area (Å²) in [7, 11) is 0. The lowest BCUT2D eigenvalue weighted by molar-refractivity contribution is -0.250. The summed E-state index contributed by atoms with van der Waals surface area (Å²) in [6, 6.07) is 8.99. The maximum Gasteiger partial charge on any atom is 0.163 e. The standard InChI is InChI=1S/C24H27F2NO6/c1-12(2)32-15-7-6-13(18(26)9-15)8-14-10-27(20-16(14)4-3-5-17(20)25)24-23(31)22(30)21(29)19(11-28)33-24/h3-7,9-10,12,19,21-24,28-31H,8,11H2,1-2H3/t19-,21-,22+,23-,24-/m1/s1. The van der Waals surface area contributed by atoms with Gasteiger partial charge in [-0.25, -0.2) is 8.78 Å². The van der Waals surface area contributed by atoms with Crippen LogP contribution in [0.3, 0.4) is 0 Å². The molecule has 0 unspecified atom stereocenters. The van der Waals surface area contributed by atoms with Gasteiger partial charge in [-0.05, 0) is 37.1 Å². The van der Waals surface area contributed by atoms with Gasteiger partial charge in [-0.2, -0.15) is 0 Å². The van der Waals surface area contributed by atoms with E-state index in [0.717, 1.165) is 0 Å². The molecule has 1 aliphatic heterocycles. The number of fused-ring (bicyclic) bond motifs is 1. The molecule has 5 atom stereocenters.